The summed E-state index contributed by atoms with van der Waals surface area (Å²) in [4.78, 5) is 29.0. The van der Waals surface area contributed by atoms with Crippen molar-refractivity contribution in [2.45, 2.75) is 13.0 Å². The number of carbonyl (C=O) groups is 2. The molecule has 29 heavy (non-hydrogen) atoms. The second kappa shape index (κ2) is 7.29. The van der Waals surface area contributed by atoms with Gasteiger partial charge in [0.05, 0.1) is 5.57 Å². The third-order valence-electron chi connectivity index (χ3n) is 5.00. The van der Waals surface area contributed by atoms with E-state index in [1.165, 1.54) is 4.90 Å². The van der Waals surface area contributed by atoms with Crippen molar-refractivity contribution < 1.29 is 28.6 Å². The average molecular weight is 398 g/mol. The van der Waals surface area contributed by atoms with E-state index >= 15 is 0 Å². The zero-order chi connectivity index (χ0) is 20.7. The quantitative estimate of drug-likeness (QED) is 0.469. The highest BCUT2D eigenvalue weighted by atomic mass is 16.7. The Morgan fingerprint density at radius 1 is 1.17 bits per heavy atom. The largest absolute Gasteiger partial charge is 0.507 e. The summed E-state index contributed by atoms with van der Waals surface area (Å²) >= 11 is 0. The molecular formula is C21H22N2O6. The SMILES string of the molecule is Cc1ccc(C2/C(=C(/O)c3ccc4c(c3)OCO4)C(=O)C(=O)N2CCN(C)C)o1. The number of aliphatic hydroxyl groups excluding tert-OH is 1. The molecule has 1 unspecified atom stereocenters. The van der Waals surface area contributed by atoms with E-state index in [0.29, 0.717) is 41.7 Å². The highest BCUT2D eigenvalue weighted by Gasteiger charge is 2.47. The van der Waals surface area contributed by atoms with Gasteiger partial charge in [0.15, 0.2) is 11.5 Å². The van der Waals surface area contributed by atoms with Crippen molar-refractivity contribution in [3.63, 3.8) is 0 Å². The lowest BCUT2D eigenvalue weighted by atomic mass is 9.99. The number of hydrogen-bond acceptors (Lipinski definition) is 7. The van der Waals surface area contributed by atoms with Crippen molar-refractivity contribution in [1.82, 2.24) is 9.80 Å². The van der Waals surface area contributed by atoms with Crippen LogP contribution in [-0.4, -0.2) is 60.6 Å². The molecule has 1 aromatic carbocycles. The van der Waals surface area contributed by atoms with E-state index in [-0.39, 0.29) is 18.1 Å². The first-order chi connectivity index (χ1) is 13.9. The first-order valence-electron chi connectivity index (χ1n) is 9.26. The van der Waals surface area contributed by atoms with Crippen molar-refractivity contribution in [3.8, 4) is 11.5 Å². The lowest BCUT2D eigenvalue weighted by molar-refractivity contribution is -0.140. The fourth-order valence-corrected chi connectivity index (χ4v) is 3.51. The van der Waals surface area contributed by atoms with Gasteiger partial charge in [-0.1, -0.05) is 0 Å². The minimum Gasteiger partial charge on any atom is -0.507 e. The zero-order valence-electron chi connectivity index (χ0n) is 16.5. The minimum atomic E-state index is -0.797. The highest BCUT2D eigenvalue weighted by molar-refractivity contribution is 6.46. The van der Waals surface area contributed by atoms with Gasteiger partial charge in [-0.2, -0.15) is 0 Å². The molecule has 1 fully saturated rings. The molecule has 0 aliphatic carbocycles. The number of likely N-dealkylation sites (tertiary alicyclic amines) is 1. The van der Waals surface area contributed by atoms with E-state index in [4.69, 9.17) is 13.9 Å². The number of fused-ring (bicyclic) bond motifs is 1. The van der Waals surface area contributed by atoms with Crippen LogP contribution >= 0.6 is 0 Å². The molecule has 0 radical (unpaired) electrons. The molecule has 4 rings (SSSR count). The summed E-state index contributed by atoms with van der Waals surface area (Å²) in [5, 5.41) is 11.0. The van der Waals surface area contributed by atoms with Gasteiger partial charge in [0.1, 0.15) is 23.3 Å². The monoisotopic (exact) mass is 398 g/mol. The number of Topliss-reactive ketones (excluding diaryl/α,β-unsaturated/α-hetero) is 1. The standard InChI is InChI=1S/C21H22N2O6/c1-12-4-6-15(29-12)18-17(20(25)21(26)23(18)9-8-22(2)3)19(24)13-5-7-14-16(10-13)28-11-27-14/h4-7,10,18,24H,8-9,11H2,1-3H3/b19-17-. The lowest BCUT2D eigenvalue weighted by Gasteiger charge is -2.24. The summed E-state index contributed by atoms with van der Waals surface area (Å²) in [7, 11) is 3.77. The molecule has 1 atom stereocenters. The number of ketones is 1. The predicted octanol–water partition coefficient (Wildman–Crippen LogP) is 2.30. The molecule has 1 aromatic heterocycles. The number of benzene rings is 1. The van der Waals surface area contributed by atoms with Crippen LogP contribution in [0.15, 0.2) is 40.3 Å². The predicted molar refractivity (Wildman–Crippen MR) is 104 cm³/mol. The van der Waals surface area contributed by atoms with Gasteiger partial charge in [-0.15, -0.1) is 0 Å². The van der Waals surface area contributed by atoms with Crippen LogP contribution in [0, 0.1) is 6.92 Å². The second-order valence-electron chi connectivity index (χ2n) is 7.31. The molecule has 3 heterocycles. The summed E-state index contributed by atoms with van der Waals surface area (Å²) < 4.78 is 16.4. The van der Waals surface area contributed by atoms with Crippen molar-refractivity contribution >= 4 is 17.4 Å². The molecule has 0 bridgehead atoms. The smallest absolute Gasteiger partial charge is 0.295 e. The van der Waals surface area contributed by atoms with Crippen molar-refractivity contribution in [2.24, 2.45) is 0 Å². The van der Waals surface area contributed by atoms with Crippen molar-refractivity contribution in [2.75, 3.05) is 34.0 Å². The molecule has 2 aliphatic heterocycles. The molecule has 1 amide bonds. The summed E-state index contributed by atoms with van der Waals surface area (Å²) in [6.45, 7) is 2.76. The Morgan fingerprint density at radius 2 is 1.93 bits per heavy atom. The molecule has 8 heteroatoms. The van der Waals surface area contributed by atoms with Gasteiger partial charge in [-0.3, -0.25) is 9.59 Å². The van der Waals surface area contributed by atoms with Crippen molar-refractivity contribution in [1.29, 1.82) is 0 Å². The zero-order valence-corrected chi connectivity index (χ0v) is 16.5. The number of amides is 1. The molecule has 0 spiro atoms. The Kier molecular flexibility index (Phi) is 4.79. The van der Waals surface area contributed by atoms with E-state index in [0.717, 1.165) is 0 Å². The Labute approximate surface area is 167 Å². The van der Waals surface area contributed by atoms with Crippen LogP contribution in [0.4, 0.5) is 0 Å². The summed E-state index contributed by atoms with van der Waals surface area (Å²) in [6.07, 6.45) is 0. The van der Waals surface area contributed by atoms with Crippen LogP contribution in [0.5, 0.6) is 11.5 Å². The normalized spacial score (nSPS) is 20.1. The van der Waals surface area contributed by atoms with E-state index in [1.807, 2.05) is 19.0 Å². The Hall–Kier alpha value is -3.26. The van der Waals surface area contributed by atoms with Gasteiger partial charge >= 0.3 is 0 Å². The Balaban J connectivity index is 1.81. The van der Waals surface area contributed by atoms with Gasteiger partial charge < -0.3 is 28.8 Å². The van der Waals surface area contributed by atoms with Crippen LogP contribution in [-0.2, 0) is 9.59 Å². The summed E-state index contributed by atoms with van der Waals surface area (Å²) in [5.41, 5.74) is 0.370. The number of aryl methyl sites for hydroxylation is 1. The van der Waals surface area contributed by atoms with E-state index in [2.05, 4.69) is 0 Å². The average Bonchev–Trinajstić information content (AvgIpc) is 3.38. The molecule has 1 saturated heterocycles. The van der Waals surface area contributed by atoms with Gasteiger partial charge in [-0.25, -0.2) is 0 Å². The molecular weight excluding hydrogens is 376 g/mol. The van der Waals surface area contributed by atoms with E-state index < -0.39 is 17.7 Å². The molecule has 2 aliphatic rings. The number of carbonyl (C=O) groups excluding carboxylic acids is 2. The van der Waals surface area contributed by atoms with Crippen LogP contribution in [0.2, 0.25) is 0 Å². The van der Waals surface area contributed by atoms with Crippen LogP contribution < -0.4 is 9.47 Å². The number of likely N-dealkylation sites (N-methyl/N-ethyl adjacent to an activating group) is 1. The number of nitrogens with zero attached hydrogens (tertiary/aromatic N) is 2. The number of furan rings is 1. The van der Waals surface area contributed by atoms with Gasteiger partial charge in [-0.05, 0) is 51.4 Å². The number of rotatable bonds is 5. The maximum absolute atomic E-state index is 12.9. The molecule has 2 aromatic rings. The van der Waals surface area contributed by atoms with Crippen LogP contribution in [0.3, 0.4) is 0 Å². The number of aliphatic hydroxyl groups is 1. The second-order valence-corrected chi connectivity index (χ2v) is 7.31. The number of hydrogen-bond donors (Lipinski definition) is 1. The maximum atomic E-state index is 12.9. The first-order valence-corrected chi connectivity index (χ1v) is 9.26. The third kappa shape index (κ3) is 3.36. The lowest BCUT2D eigenvalue weighted by Crippen LogP contribution is -2.35. The topological polar surface area (TPSA) is 92.4 Å². The van der Waals surface area contributed by atoms with Crippen LogP contribution in [0.25, 0.3) is 5.76 Å². The highest BCUT2D eigenvalue weighted by Crippen LogP contribution is 2.41. The Bertz CT molecular complexity index is 1010. The fourth-order valence-electron chi connectivity index (χ4n) is 3.51. The molecule has 152 valence electrons. The van der Waals surface area contributed by atoms with Gasteiger partial charge in [0, 0.05) is 18.7 Å². The molecule has 8 nitrogen and oxygen atoms in total. The molecule has 0 saturated carbocycles. The van der Waals surface area contributed by atoms with Crippen LogP contribution in [0.1, 0.15) is 23.1 Å². The summed E-state index contributed by atoms with van der Waals surface area (Å²) in [6, 6.07) is 7.57. The van der Waals surface area contributed by atoms with Crippen molar-refractivity contribution in [3.05, 3.63) is 53.0 Å². The Morgan fingerprint density at radius 3 is 2.62 bits per heavy atom. The van der Waals surface area contributed by atoms with E-state index in [9.17, 15) is 14.7 Å². The third-order valence-corrected chi connectivity index (χ3v) is 5.00. The minimum absolute atomic E-state index is 0.00183. The molecule has 1 N–H and O–H groups in total. The first kappa shape index (κ1) is 19.1. The van der Waals surface area contributed by atoms with Gasteiger partial charge in [0.25, 0.3) is 11.7 Å². The van der Waals surface area contributed by atoms with Gasteiger partial charge in [0.2, 0.25) is 6.79 Å². The number of ether oxygens (including phenoxy) is 2. The fraction of sp³-hybridized carbons (Fsp3) is 0.333. The maximum Gasteiger partial charge on any atom is 0.295 e. The summed E-state index contributed by atoms with van der Waals surface area (Å²) in [5.74, 6) is 0.454. The van der Waals surface area contributed by atoms with E-state index in [1.54, 1.807) is 37.3 Å².